The van der Waals surface area contributed by atoms with E-state index in [0.717, 1.165) is 56.2 Å². The number of aromatic nitrogens is 3. The van der Waals surface area contributed by atoms with Crippen LogP contribution in [0.15, 0.2) is 42.5 Å². The van der Waals surface area contributed by atoms with Crippen LogP contribution in [0.25, 0.3) is 0 Å². The fourth-order valence-corrected chi connectivity index (χ4v) is 4.08. The minimum Gasteiger partial charge on any atom is -0.396 e. The summed E-state index contributed by atoms with van der Waals surface area (Å²) in [5, 5.41) is 16.1. The number of nitrogens with zero attached hydrogens (tertiary/aromatic N) is 5. The van der Waals surface area contributed by atoms with Gasteiger partial charge in [0.15, 0.2) is 0 Å². The van der Waals surface area contributed by atoms with Crippen LogP contribution in [0.4, 0.5) is 33.6 Å². The molecule has 0 spiro atoms. The van der Waals surface area contributed by atoms with Gasteiger partial charge in [-0.2, -0.15) is 15.0 Å². The van der Waals surface area contributed by atoms with Gasteiger partial charge in [0, 0.05) is 55.7 Å². The Bertz CT molecular complexity index is 1120. The lowest BCUT2D eigenvalue weighted by Gasteiger charge is -2.36. The van der Waals surface area contributed by atoms with Crippen LogP contribution in [0.1, 0.15) is 24.8 Å². The van der Waals surface area contributed by atoms with Crippen molar-refractivity contribution in [3.63, 3.8) is 0 Å². The molecular formula is C25H31ClFN7O. The average molecular weight is 500 g/mol. The Balaban J connectivity index is 1.49. The predicted molar refractivity (Wildman–Crippen MR) is 140 cm³/mol. The number of hydrogen-bond donors (Lipinski definition) is 3. The van der Waals surface area contributed by atoms with Gasteiger partial charge in [0.05, 0.1) is 0 Å². The lowest BCUT2D eigenvalue weighted by molar-refractivity contribution is 0.283. The fraction of sp³-hybridized carbons (Fsp3) is 0.400. The van der Waals surface area contributed by atoms with Crippen LogP contribution in [-0.2, 0) is 0 Å². The summed E-state index contributed by atoms with van der Waals surface area (Å²) >= 11 is 6.16. The van der Waals surface area contributed by atoms with Crippen LogP contribution in [-0.4, -0.2) is 59.4 Å². The van der Waals surface area contributed by atoms with Crippen LogP contribution < -0.4 is 20.4 Å². The summed E-state index contributed by atoms with van der Waals surface area (Å²) < 4.78 is 14.1. The van der Waals surface area contributed by atoms with E-state index < -0.39 is 0 Å². The largest absolute Gasteiger partial charge is 0.396 e. The molecule has 2 aromatic carbocycles. The Morgan fingerprint density at radius 1 is 0.943 bits per heavy atom. The highest BCUT2D eigenvalue weighted by atomic mass is 35.5. The van der Waals surface area contributed by atoms with Crippen LogP contribution in [0.5, 0.6) is 0 Å². The molecule has 0 atom stereocenters. The molecule has 1 fully saturated rings. The summed E-state index contributed by atoms with van der Waals surface area (Å²) in [6, 6.07) is 12.8. The normalized spacial score (nSPS) is 13.7. The number of benzene rings is 2. The minimum absolute atomic E-state index is 0.193. The number of aliphatic hydroxyl groups is 1. The predicted octanol–water partition coefficient (Wildman–Crippen LogP) is 4.62. The van der Waals surface area contributed by atoms with Crippen molar-refractivity contribution in [3.05, 3.63) is 58.9 Å². The van der Waals surface area contributed by atoms with E-state index >= 15 is 0 Å². The van der Waals surface area contributed by atoms with E-state index in [1.165, 1.54) is 6.07 Å². The van der Waals surface area contributed by atoms with Crippen LogP contribution in [0.3, 0.4) is 0 Å². The standard InChI is InChI=1S/C25H31ClFN7O/c1-18-8-9-20(17-22(18)27)29-24-30-23(28-10-3-2-4-15-35)31-25(32-24)34-13-11-33(12-14-34)21-7-5-6-19(26)16-21/h5-9,16-17,35H,2-4,10-15H2,1H3,(H2,28,29,30,31,32). The summed E-state index contributed by atoms with van der Waals surface area (Å²) in [6.45, 7) is 5.70. The first-order chi connectivity index (χ1) is 17.0. The molecule has 2 heterocycles. The number of unbranched alkanes of at least 4 members (excludes halogenated alkanes) is 2. The molecule has 0 saturated carbocycles. The first-order valence-corrected chi connectivity index (χ1v) is 12.3. The van der Waals surface area contributed by atoms with Gasteiger partial charge in [-0.3, -0.25) is 0 Å². The highest BCUT2D eigenvalue weighted by Crippen LogP contribution is 2.24. The quantitative estimate of drug-likeness (QED) is 0.348. The van der Waals surface area contributed by atoms with Gasteiger partial charge in [-0.25, -0.2) is 4.39 Å². The van der Waals surface area contributed by atoms with Crippen LogP contribution >= 0.6 is 11.6 Å². The summed E-state index contributed by atoms with van der Waals surface area (Å²) in [5.74, 6) is 1.10. The zero-order chi connectivity index (χ0) is 24.6. The lowest BCUT2D eigenvalue weighted by atomic mass is 10.2. The molecule has 0 radical (unpaired) electrons. The lowest BCUT2D eigenvalue weighted by Crippen LogP contribution is -2.47. The SMILES string of the molecule is Cc1ccc(Nc2nc(NCCCCCO)nc(N3CCN(c4cccc(Cl)c4)CC3)n2)cc1F. The summed E-state index contributed by atoms with van der Waals surface area (Å²) in [6.07, 6.45) is 2.58. The number of aryl methyl sites for hydroxylation is 1. The van der Waals surface area contributed by atoms with Crippen molar-refractivity contribution < 1.29 is 9.50 Å². The number of halogens is 2. The zero-order valence-electron chi connectivity index (χ0n) is 19.8. The maximum atomic E-state index is 14.1. The topological polar surface area (TPSA) is 89.4 Å². The van der Waals surface area contributed by atoms with Crippen molar-refractivity contribution in [1.82, 2.24) is 15.0 Å². The molecule has 0 aliphatic carbocycles. The third-order valence-electron chi connectivity index (χ3n) is 5.91. The molecule has 1 aliphatic rings. The smallest absolute Gasteiger partial charge is 0.233 e. The Hall–Kier alpha value is -3.17. The van der Waals surface area contributed by atoms with Gasteiger partial charge >= 0.3 is 0 Å². The van der Waals surface area contributed by atoms with Crippen molar-refractivity contribution >= 4 is 40.8 Å². The van der Waals surface area contributed by atoms with E-state index in [9.17, 15) is 4.39 Å². The Morgan fingerprint density at radius 2 is 1.71 bits per heavy atom. The van der Waals surface area contributed by atoms with Gasteiger partial charge in [0.1, 0.15) is 5.82 Å². The second kappa shape index (κ2) is 12.0. The number of piperazine rings is 1. The number of rotatable bonds is 10. The molecule has 1 aromatic heterocycles. The first-order valence-electron chi connectivity index (χ1n) is 11.9. The van der Waals surface area contributed by atoms with Crippen LogP contribution in [0, 0.1) is 12.7 Å². The monoisotopic (exact) mass is 499 g/mol. The van der Waals surface area contributed by atoms with E-state index in [1.54, 1.807) is 19.1 Å². The zero-order valence-corrected chi connectivity index (χ0v) is 20.6. The highest BCUT2D eigenvalue weighted by Gasteiger charge is 2.21. The van der Waals surface area contributed by atoms with Gasteiger partial charge in [0.25, 0.3) is 0 Å². The second-order valence-electron chi connectivity index (χ2n) is 8.54. The summed E-state index contributed by atoms with van der Waals surface area (Å²) in [5.41, 5.74) is 2.25. The van der Waals surface area contributed by atoms with E-state index in [-0.39, 0.29) is 12.4 Å². The van der Waals surface area contributed by atoms with Gasteiger partial charge in [0.2, 0.25) is 17.8 Å². The number of hydrogen-bond acceptors (Lipinski definition) is 8. The van der Waals surface area contributed by atoms with Crippen molar-refractivity contribution in [2.24, 2.45) is 0 Å². The van der Waals surface area contributed by atoms with E-state index in [4.69, 9.17) is 16.7 Å². The summed E-state index contributed by atoms with van der Waals surface area (Å²) in [4.78, 5) is 18.2. The van der Waals surface area contributed by atoms with Gasteiger partial charge < -0.3 is 25.5 Å². The molecule has 186 valence electrons. The molecule has 10 heteroatoms. The van der Waals surface area contributed by atoms with Crippen molar-refractivity contribution in [1.29, 1.82) is 0 Å². The van der Waals surface area contributed by atoms with Crippen molar-refractivity contribution in [3.8, 4) is 0 Å². The molecular weight excluding hydrogens is 469 g/mol. The van der Waals surface area contributed by atoms with E-state index in [2.05, 4.69) is 41.5 Å². The minimum atomic E-state index is -0.288. The van der Waals surface area contributed by atoms with E-state index in [1.807, 2.05) is 18.2 Å². The van der Waals surface area contributed by atoms with Gasteiger partial charge in [-0.1, -0.05) is 23.7 Å². The summed E-state index contributed by atoms with van der Waals surface area (Å²) in [7, 11) is 0. The Kier molecular flexibility index (Phi) is 8.54. The fourth-order valence-electron chi connectivity index (χ4n) is 3.89. The molecule has 4 rings (SSSR count). The molecule has 0 bridgehead atoms. The van der Waals surface area contributed by atoms with Crippen molar-refractivity contribution in [2.45, 2.75) is 26.2 Å². The molecule has 1 saturated heterocycles. The third kappa shape index (κ3) is 6.93. The molecule has 35 heavy (non-hydrogen) atoms. The maximum absolute atomic E-state index is 14.1. The average Bonchev–Trinajstić information content (AvgIpc) is 2.86. The second-order valence-corrected chi connectivity index (χ2v) is 8.97. The van der Waals surface area contributed by atoms with E-state index in [0.29, 0.717) is 35.6 Å². The third-order valence-corrected chi connectivity index (χ3v) is 6.14. The van der Waals surface area contributed by atoms with Crippen molar-refractivity contribution in [2.75, 3.05) is 59.8 Å². The Morgan fingerprint density at radius 3 is 2.46 bits per heavy atom. The highest BCUT2D eigenvalue weighted by molar-refractivity contribution is 6.30. The molecule has 0 amide bonds. The molecule has 3 N–H and O–H groups in total. The number of anilines is 5. The first kappa shape index (κ1) is 24.9. The number of aliphatic hydroxyl groups excluding tert-OH is 1. The molecule has 8 nitrogen and oxygen atoms in total. The Labute approximate surface area is 210 Å². The molecule has 1 aliphatic heterocycles. The maximum Gasteiger partial charge on any atom is 0.233 e. The molecule has 3 aromatic rings. The van der Waals surface area contributed by atoms with Crippen LogP contribution in [0.2, 0.25) is 5.02 Å². The number of nitrogens with one attached hydrogen (secondary N) is 2. The molecule has 0 unspecified atom stereocenters. The van der Waals surface area contributed by atoms with Gasteiger partial charge in [-0.15, -0.1) is 0 Å². The van der Waals surface area contributed by atoms with Gasteiger partial charge in [-0.05, 0) is 62.1 Å².